The molecule has 0 radical (unpaired) electrons. The lowest BCUT2D eigenvalue weighted by molar-refractivity contribution is -0.137. The number of aromatic nitrogens is 5. The van der Waals surface area contributed by atoms with Crippen LogP contribution in [0, 0.1) is 12.8 Å². The number of benzene rings is 2. The van der Waals surface area contributed by atoms with E-state index < -0.39 is 17.6 Å². The molecule has 0 saturated carbocycles. The van der Waals surface area contributed by atoms with Crippen LogP contribution in [0.5, 0.6) is 11.6 Å². The molecule has 0 atom stereocenters. The Hall–Kier alpha value is -5.53. The second-order valence-electron chi connectivity index (χ2n) is 11.7. The van der Waals surface area contributed by atoms with E-state index in [9.17, 15) is 22.8 Å². The Balaban J connectivity index is 1.22. The number of fused-ring (bicyclic) bond motifs is 1. The number of anilines is 2. The Labute approximate surface area is 274 Å². The molecule has 0 aliphatic carbocycles. The van der Waals surface area contributed by atoms with Crippen LogP contribution < -0.4 is 20.3 Å². The average molecular weight is 659 g/mol. The molecule has 2 aromatic carbocycles. The number of alkyl halides is 3. The molecule has 48 heavy (non-hydrogen) atoms. The van der Waals surface area contributed by atoms with E-state index in [1.54, 1.807) is 60.3 Å². The van der Waals surface area contributed by atoms with Gasteiger partial charge in [-0.2, -0.15) is 23.3 Å². The number of hydrogen-bond donors (Lipinski definition) is 2. The van der Waals surface area contributed by atoms with Crippen molar-refractivity contribution in [2.45, 2.75) is 32.9 Å². The highest BCUT2D eigenvalue weighted by Crippen LogP contribution is 2.40. The quantitative estimate of drug-likeness (QED) is 0.203. The van der Waals surface area contributed by atoms with Crippen molar-refractivity contribution in [3.05, 3.63) is 83.8 Å². The highest BCUT2D eigenvalue weighted by atomic mass is 19.4. The number of nitrogens with one attached hydrogen (secondary N) is 2. The fourth-order valence-electron chi connectivity index (χ4n) is 5.64. The van der Waals surface area contributed by atoms with Crippen molar-refractivity contribution in [3.8, 4) is 23.0 Å². The molecule has 0 unspecified atom stereocenters. The lowest BCUT2D eigenvalue weighted by Crippen LogP contribution is -2.39. The minimum Gasteiger partial charge on any atom is -0.438 e. The number of carbonyl (C=O) groups excluding carboxylic acids is 2. The molecule has 0 spiro atoms. The van der Waals surface area contributed by atoms with Gasteiger partial charge < -0.3 is 20.3 Å². The van der Waals surface area contributed by atoms with Crippen LogP contribution in [0.4, 0.5) is 24.5 Å². The molecule has 0 bridgehead atoms. The first-order valence-corrected chi connectivity index (χ1v) is 15.4. The van der Waals surface area contributed by atoms with E-state index in [1.165, 1.54) is 25.1 Å². The summed E-state index contributed by atoms with van der Waals surface area (Å²) >= 11 is 0. The van der Waals surface area contributed by atoms with Gasteiger partial charge >= 0.3 is 6.18 Å². The maximum atomic E-state index is 14.3. The summed E-state index contributed by atoms with van der Waals surface area (Å²) in [7, 11) is 1.75. The second-order valence-corrected chi connectivity index (χ2v) is 11.7. The average Bonchev–Trinajstić information content (AvgIpc) is 3.45. The van der Waals surface area contributed by atoms with Gasteiger partial charge in [-0.05, 0) is 73.7 Å². The summed E-state index contributed by atoms with van der Waals surface area (Å²) in [6, 6.07) is 12.2. The van der Waals surface area contributed by atoms with Gasteiger partial charge in [0.2, 0.25) is 11.8 Å². The predicted octanol–water partition coefficient (Wildman–Crippen LogP) is 6.15. The van der Waals surface area contributed by atoms with E-state index in [-0.39, 0.29) is 34.6 Å². The van der Waals surface area contributed by atoms with Crippen LogP contribution in [-0.2, 0) is 18.0 Å². The van der Waals surface area contributed by atoms with Gasteiger partial charge in [-0.25, -0.2) is 4.98 Å². The molecule has 4 heterocycles. The number of piperidine rings is 1. The number of aryl methyl sites for hydroxylation is 2. The van der Waals surface area contributed by atoms with Crippen LogP contribution in [0.1, 0.15) is 41.3 Å². The van der Waals surface area contributed by atoms with E-state index in [1.807, 2.05) is 6.07 Å². The van der Waals surface area contributed by atoms with Gasteiger partial charge in [0.25, 0.3) is 5.91 Å². The third kappa shape index (κ3) is 7.06. The van der Waals surface area contributed by atoms with E-state index >= 15 is 0 Å². The van der Waals surface area contributed by atoms with Gasteiger partial charge in [0.1, 0.15) is 11.1 Å². The van der Waals surface area contributed by atoms with E-state index in [2.05, 4.69) is 30.7 Å². The maximum Gasteiger partial charge on any atom is 0.418 e. The summed E-state index contributed by atoms with van der Waals surface area (Å²) in [5, 5.41) is 10.2. The minimum atomic E-state index is -4.64. The van der Waals surface area contributed by atoms with E-state index in [0.29, 0.717) is 66.2 Å². The number of halogens is 3. The van der Waals surface area contributed by atoms with E-state index in [0.717, 1.165) is 6.07 Å². The van der Waals surface area contributed by atoms with Gasteiger partial charge in [-0.3, -0.25) is 19.3 Å². The Bertz CT molecular complexity index is 1970. The van der Waals surface area contributed by atoms with Crippen molar-refractivity contribution in [3.63, 3.8) is 0 Å². The normalized spacial score (nSPS) is 13.8. The van der Waals surface area contributed by atoms with Gasteiger partial charge in [0.05, 0.1) is 11.8 Å². The number of carbonyl (C=O) groups is 2. The fourth-order valence-corrected chi connectivity index (χ4v) is 5.64. The van der Waals surface area contributed by atoms with Crippen LogP contribution in [0.25, 0.3) is 22.4 Å². The maximum absolute atomic E-state index is 14.3. The second kappa shape index (κ2) is 13.3. The van der Waals surface area contributed by atoms with Gasteiger partial charge in [0, 0.05) is 68.5 Å². The smallest absolute Gasteiger partial charge is 0.418 e. The topological polar surface area (TPSA) is 127 Å². The Morgan fingerprint density at radius 1 is 1.04 bits per heavy atom. The number of amides is 2. The van der Waals surface area contributed by atoms with Crippen molar-refractivity contribution >= 4 is 34.2 Å². The van der Waals surface area contributed by atoms with Crippen molar-refractivity contribution in [1.82, 2.24) is 30.0 Å². The lowest BCUT2D eigenvalue weighted by atomic mass is 9.95. The van der Waals surface area contributed by atoms with Gasteiger partial charge in [-0.15, -0.1) is 0 Å². The van der Waals surface area contributed by atoms with Crippen LogP contribution >= 0.6 is 0 Å². The molecular formula is C34H33F3N8O3. The number of hydrogen-bond acceptors (Lipinski definition) is 8. The highest BCUT2D eigenvalue weighted by Gasteiger charge is 2.36. The van der Waals surface area contributed by atoms with Crippen LogP contribution in [0.2, 0.25) is 0 Å². The Kier molecular flexibility index (Phi) is 8.98. The van der Waals surface area contributed by atoms with Crippen LogP contribution in [0.15, 0.2) is 67.1 Å². The SMILES string of the molecule is CC(=O)NCC1CCN(c2ccc(NC(=O)c3ccc(C)c(Oc4nc(-c5cccnc5)nc5c4cnn5C)c3)cc2C(F)(F)F)CC1. The van der Waals surface area contributed by atoms with Crippen molar-refractivity contribution in [1.29, 1.82) is 0 Å². The lowest BCUT2D eigenvalue weighted by Gasteiger charge is -2.35. The van der Waals surface area contributed by atoms with Crippen LogP contribution in [-0.4, -0.2) is 56.2 Å². The first-order valence-electron chi connectivity index (χ1n) is 15.4. The summed E-state index contributed by atoms with van der Waals surface area (Å²) in [6.07, 6.45) is 1.52. The molecule has 248 valence electrons. The molecule has 2 N–H and O–H groups in total. The molecule has 5 aromatic rings. The third-order valence-electron chi connectivity index (χ3n) is 8.29. The first kappa shape index (κ1) is 32.4. The third-order valence-corrected chi connectivity index (χ3v) is 8.29. The molecule has 1 aliphatic heterocycles. The monoisotopic (exact) mass is 658 g/mol. The number of rotatable bonds is 8. The molecule has 11 nitrogen and oxygen atoms in total. The Morgan fingerprint density at radius 3 is 2.54 bits per heavy atom. The largest absolute Gasteiger partial charge is 0.438 e. The summed E-state index contributed by atoms with van der Waals surface area (Å²) in [4.78, 5) is 39.6. The molecule has 1 aliphatic rings. The number of ether oxygens (including phenoxy) is 1. The zero-order chi connectivity index (χ0) is 34.0. The molecule has 1 fully saturated rings. The Morgan fingerprint density at radius 2 is 1.83 bits per heavy atom. The summed E-state index contributed by atoms with van der Waals surface area (Å²) in [5.74, 6) is 0.392. The number of pyridine rings is 1. The highest BCUT2D eigenvalue weighted by molar-refractivity contribution is 6.04. The minimum absolute atomic E-state index is 0.00800. The van der Waals surface area contributed by atoms with Crippen molar-refractivity contribution in [2.75, 3.05) is 29.9 Å². The summed E-state index contributed by atoms with van der Waals surface area (Å²) < 4.78 is 50.6. The van der Waals surface area contributed by atoms with E-state index in [4.69, 9.17) is 4.74 Å². The zero-order valence-electron chi connectivity index (χ0n) is 26.5. The molecular weight excluding hydrogens is 625 g/mol. The van der Waals surface area contributed by atoms with Crippen molar-refractivity contribution in [2.24, 2.45) is 13.0 Å². The summed E-state index contributed by atoms with van der Waals surface area (Å²) in [6.45, 7) is 4.60. The molecule has 2 amide bonds. The van der Waals surface area contributed by atoms with Gasteiger partial charge in [0.15, 0.2) is 11.5 Å². The summed E-state index contributed by atoms with van der Waals surface area (Å²) in [5.41, 5.74) is 1.32. The molecule has 1 saturated heterocycles. The standard InChI is InChI=1S/C34H33F3N8O3/c1-20-6-7-23(15-29(20)48-33-26-19-40-44(3)31(26)42-30(43-33)24-5-4-12-38-18-24)32(47)41-25-8-9-28(27(16-25)34(35,36)37)45-13-10-22(11-14-45)17-39-21(2)46/h4-9,12,15-16,18-19,22H,10-11,13-14,17H2,1-3H3,(H,39,46)(H,41,47). The molecule has 6 rings (SSSR count). The number of nitrogens with zero attached hydrogens (tertiary/aromatic N) is 6. The zero-order valence-corrected chi connectivity index (χ0v) is 26.5. The fraction of sp³-hybridized carbons (Fsp3) is 0.294. The first-order chi connectivity index (χ1) is 23.0. The van der Waals surface area contributed by atoms with Gasteiger partial charge in [-0.1, -0.05) is 6.07 Å². The molecule has 3 aromatic heterocycles. The van der Waals surface area contributed by atoms with Crippen molar-refractivity contribution < 1.29 is 27.5 Å². The van der Waals surface area contributed by atoms with Crippen LogP contribution in [0.3, 0.4) is 0 Å². The predicted molar refractivity (Wildman–Crippen MR) is 174 cm³/mol. The molecule has 14 heteroatoms.